The summed E-state index contributed by atoms with van der Waals surface area (Å²) in [5.74, 6) is 0.382. The summed E-state index contributed by atoms with van der Waals surface area (Å²) in [6.07, 6.45) is 9.36. The van der Waals surface area contributed by atoms with Crippen molar-refractivity contribution in [2.24, 2.45) is 5.92 Å². The summed E-state index contributed by atoms with van der Waals surface area (Å²) in [4.78, 5) is 25.3. The Balaban J connectivity index is 1.71. The monoisotopic (exact) mass is 372 g/mol. The first-order valence-electron chi connectivity index (χ1n) is 10.3. The number of nitrogens with one attached hydrogen (secondary N) is 2. The second-order valence-electron chi connectivity index (χ2n) is 7.94. The van der Waals surface area contributed by atoms with Gasteiger partial charge in [-0.25, -0.2) is 0 Å². The molecule has 2 fully saturated rings. The van der Waals surface area contributed by atoms with Crippen LogP contribution in [0.25, 0.3) is 0 Å². The average molecular weight is 373 g/mol. The molecule has 2 N–H and O–H groups in total. The Hall–Kier alpha value is -1.88. The summed E-state index contributed by atoms with van der Waals surface area (Å²) in [5, 5.41) is 6.08. The Morgan fingerprint density at radius 1 is 1.04 bits per heavy atom. The third-order valence-corrected chi connectivity index (χ3v) is 6.16. The van der Waals surface area contributed by atoms with Crippen LogP contribution < -0.4 is 10.6 Å². The van der Waals surface area contributed by atoms with Gasteiger partial charge in [0.05, 0.1) is 12.0 Å². The van der Waals surface area contributed by atoms with E-state index in [1.165, 1.54) is 6.42 Å². The first-order valence-corrected chi connectivity index (χ1v) is 10.3. The Morgan fingerprint density at radius 3 is 2.33 bits per heavy atom. The molecule has 0 atom stereocenters. The molecule has 0 aliphatic heterocycles. The van der Waals surface area contributed by atoms with Crippen molar-refractivity contribution in [3.8, 4) is 0 Å². The molecule has 2 saturated carbocycles. The quantitative estimate of drug-likeness (QED) is 0.716. The van der Waals surface area contributed by atoms with E-state index in [-0.39, 0.29) is 17.7 Å². The fraction of sp³-hybridized carbons (Fsp3) is 0.636. The summed E-state index contributed by atoms with van der Waals surface area (Å²) >= 11 is 0. The van der Waals surface area contributed by atoms with Crippen LogP contribution in [0.2, 0.25) is 0 Å². The van der Waals surface area contributed by atoms with Crippen LogP contribution in [0.1, 0.15) is 63.4 Å². The van der Waals surface area contributed by atoms with Crippen molar-refractivity contribution in [2.75, 3.05) is 25.6 Å². The van der Waals surface area contributed by atoms with Crippen molar-refractivity contribution in [3.05, 3.63) is 29.8 Å². The van der Waals surface area contributed by atoms with E-state index in [4.69, 9.17) is 4.74 Å². The zero-order valence-corrected chi connectivity index (χ0v) is 16.4. The molecule has 1 aromatic rings. The van der Waals surface area contributed by atoms with Crippen LogP contribution in [0.3, 0.4) is 0 Å². The van der Waals surface area contributed by atoms with Gasteiger partial charge in [0, 0.05) is 25.3 Å². The van der Waals surface area contributed by atoms with Crippen LogP contribution in [0, 0.1) is 5.92 Å². The summed E-state index contributed by atoms with van der Waals surface area (Å²) in [5.41, 5.74) is 1.41. The Morgan fingerprint density at radius 2 is 1.70 bits per heavy atom. The molecule has 1 aromatic carbocycles. The van der Waals surface area contributed by atoms with Gasteiger partial charge in [-0.15, -0.1) is 0 Å². The van der Waals surface area contributed by atoms with Gasteiger partial charge in [-0.3, -0.25) is 9.59 Å². The molecule has 2 amide bonds. The van der Waals surface area contributed by atoms with E-state index in [0.717, 1.165) is 62.6 Å². The topological polar surface area (TPSA) is 67.4 Å². The van der Waals surface area contributed by atoms with Crippen molar-refractivity contribution in [1.82, 2.24) is 5.32 Å². The van der Waals surface area contributed by atoms with Crippen LogP contribution in [-0.2, 0) is 19.7 Å². The third-order valence-electron chi connectivity index (χ3n) is 6.16. The SMILES string of the molecule is COCCNC(=O)C1(c2ccc(NC(=O)C3CCCC3)cc2)CCCCC1. The Kier molecular flexibility index (Phi) is 6.89. The van der Waals surface area contributed by atoms with Crippen molar-refractivity contribution in [1.29, 1.82) is 0 Å². The highest BCUT2D eigenvalue weighted by atomic mass is 16.5. The number of amides is 2. The highest BCUT2D eigenvalue weighted by Gasteiger charge is 2.40. The van der Waals surface area contributed by atoms with Crippen molar-refractivity contribution < 1.29 is 14.3 Å². The van der Waals surface area contributed by atoms with Crippen LogP contribution in [0.4, 0.5) is 5.69 Å². The number of hydrogen-bond acceptors (Lipinski definition) is 3. The fourth-order valence-electron chi connectivity index (χ4n) is 4.54. The maximum atomic E-state index is 13.0. The van der Waals surface area contributed by atoms with E-state index in [1.807, 2.05) is 24.3 Å². The van der Waals surface area contributed by atoms with Crippen LogP contribution in [0.5, 0.6) is 0 Å². The standard InChI is InChI=1S/C22H32N2O3/c1-27-16-15-23-21(26)22(13-5-2-6-14-22)18-9-11-19(12-10-18)24-20(25)17-7-3-4-8-17/h9-12,17H,2-8,13-16H2,1H3,(H,23,26)(H,24,25). The van der Waals surface area contributed by atoms with Crippen molar-refractivity contribution >= 4 is 17.5 Å². The fourth-order valence-corrected chi connectivity index (χ4v) is 4.54. The molecular formula is C22H32N2O3. The van der Waals surface area contributed by atoms with E-state index in [1.54, 1.807) is 7.11 Å². The molecule has 0 heterocycles. The van der Waals surface area contributed by atoms with Crippen molar-refractivity contribution in [3.63, 3.8) is 0 Å². The summed E-state index contributed by atoms with van der Waals surface area (Å²) < 4.78 is 5.06. The molecule has 0 radical (unpaired) electrons. The minimum Gasteiger partial charge on any atom is -0.383 e. The molecule has 2 aliphatic carbocycles. The summed E-state index contributed by atoms with van der Waals surface area (Å²) in [7, 11) is 1.64. The van der Waals surface area contributed by atoms with Crippen LogP contribution >= 0.6 is 0 Å². The average Bonchev–Trinajstić information content (AvgIpc) is 3.24. The molecule has 3 rings (SSSR count). The zero-order chi connectivity index (χ0) is 19.1. The molecule has 27 heavy (non-hydrogen) atoms. The smallest absolute Gasteiger partial charge is 0.230 e. The summed E-state index contributed by atoms with van der Waals surface area (Å²) in [6.45, 7) is 1.06. The minimum absolute atomic E-state index is 0.0991. The van der Waals surface area contributed by atoms with Gasteiger partial charge in [-0.2, -0.15) is 0 Å². The van der Waals surface area contributed by atoms with Gasteiger partial charge < -0.3 is 15.4 Å². The molecule has 0 bridgehead atoms. The molecule has 148 valence electrons. The molecule has 0 unspecified atom stereocenters. The second kappa shape index (κ2) is 9.36. The normalized spacial score (nSPS) is 19.6. The second-order valence-corrected chi connectivity index (χ2v) is 7.94. The molecule has 0 aromatic heterocycles. The highest BCUT2D eigenvalue weighted by molar-refractivity contribution is 5.93. The highest BCUT2D eigenvalue weighted by Crippen LogP contribution is 2.40. The van der Waals surface area contributed by atoms with Crippen molar-refractivity contribution in [2.45, 2.75) is 63.2 Å². The lowest BCUT2D eigenvalue weighted by Crippen LogP contribution is -2.46. The lowest BCUT2D eigenvalue weighted by Gasteiger charge is -2.36. The predicted molar refractivity (Wildman–Crippen MR) is 107 cm³/mol. The lowest BCUT2D eigenvalue weighted by atomic mass is 9.68. The predicted octanol–water partition coefficient (Wildman–Crippen LogP) is 3.78. The third kappa shape index (κ3) is 4.70. The molecule has 5 heteroatoms. The molecule has 0 spiro atoms. The Labute approximate surface area is 162 Å². The van der Waals surface area contributed by atoms with Gasteiger partial charge in [0.1, 0.15) is 0 Å². The summed E-state index contributed by atoms with van der Waals surface area (Å²) in [6, 6.07) is 7.93. The number of carbonyl (C=O) groups is 2. The largest absolute Gasteiger partial charge is 0.383 e. The number of benzene rings is 1. The Bertz CT molecular complexity index is 629. The van der Waals surface area contributed by atoms with Gasteiger partial charge in [0.15, 0.2) is 0 Å². The van der Waals surface area contributed by atoms with Gasteiger partial charge in [0.25, 0.3) is 0 Å². The van der Waals surface area contributed by atoms with Gasteiger partial charge in [-0.05, 0) is 43.4 Å². The van der Waals surface area contributed by atoms with E-state index >= 15 is 0 Å². The van der Waals surface area contributed by atoms with E-state index in [0.29, 0.717) is 13.2 Å². The van der Waals surface area contributed by atoms with E-state index in [9.17, 15) is 9.59 Å². The molecule has 5 nitrogen and oxygen atoms in total. The number of carbonyl (C=O) groups excluding carboxylic acids is 2. The zero-order valence-electron chi connectivity index (χ0n) is 16.4. The number of ether oxygens (including phenoxy) is 1. The molecule has 2 aliphatic rings. The van der Waals surface area contributed by atoms with E-state index < -0.39 is 5.41 Å². The lowest BCUT2D eigenvalue weighted by molar-refractivity contribution is -0.128. The van der Waals surface area contributed by atoms with Crippen LogP contribution in [-0.4, -0.2) is 32.1 Å². The molecule has 0 saturated heterocycles. The number of hydrogen-bond donors (Lipinski definition) is 2. The number of methoxy groups -OCH3 is 1. The minimum atomic E-state index is -0.458. The molecular weight excluding hydrogens is 340 g/mol. The van der Waals surface area contributed by atoms with Gasteiger partial charge in [0.2, 0.25) is 11.8 Å². The van der Waals surface area contributed by atoms with E-state index in [2.05, 4.69) is 10.6 Å². The maximum Gasteiger partial charge on any atom is 0.230 e. The van der Waals surface area contributed by atoms with Crippen LogP contribution in [0.15, 0.2) is 24.3 Å². The first kappa shape index (κ1) is 19.9. The maximum absolute atomic E-state index is 13.0. The van der Waals surface area contributed by atoms with Gasteiger partial charge in [-0.1, -0.05) is 44.2 Å². The van der Waals surface area contributed by atoms with Gasteiger partial charge >= 0.3 is 0 Å². The number of anilines is 1. The number of rotatable bonds is 7. The first-order chi connectivity index (χ1) is 13.2.